The van der Waals surface area contributed by atoms with Crippen LogP contribution >= 0.6 is 0 Å². The van der Waals surface area contributed by atoms with E-state index >= 15 is 0 Å². The molecule has 5 rings (SSSR count). The van der Waals surface area contributed by atoms with E-state index in [-0.39, 0.29) is 37.7 Å². The van der Waals surface area contributed by atoms with Crippen LogP contribution in [0.2, 0.25) is 0 Å². The van der Waals surface area contributed by atoms with E-state index in [9.17, 15) is 14.7 Å². The van der Waals surface area contributed by atoms with Crippen LogP contribution in [0.5, 0.6) is 17.2 Å². The third kappa shape index (κ3) is 3.91. The van der Waals surface area contributed by atoms with E-state index in [1.165, 1.54) is 4.90 Å². The minimum atomic E-state index is -0.330. The van der Waals surface area contributed by atoms with Crippen molar-refractivity contribution in [2.24, 2.45) is 5.92 Å². The Bertz CT molecular complexity index is 1110. The van der Waals surface area contributed by atoms with E-state index in [2.05, 4.69) is 0 Å². The summed E-state index contributed by atoms with van der Waals surface area (Å²) < 4.78 is 16.1. The molecule has 2 amide bonds. The molecule has 8 nitrogen and oxygen atoms in total. The van der Waals surface area contributed by atoms with Crippen molar-refractivity contribution in [1.82, 2.24) is 9.80 Å². The SMILES string of the molecule is COc1ccc(C2=C(N3CCCC(CO)C3)C(=O)N(Cc3ccc4c(c3)OCO4)C2=O)cc1. The first-order valence-electron chi connectivity index (χ1n) is 11.1. The second-order valence-electron chi connectivity index (χ2n) is 8.47. The van der Waals surface area contributed by atoms with Crippen molar-refractivity contribution in [3.05, 3.63) is 59.3 Å². The highest BCUT2D eigenvalue weighted by atomic mass is 16.7. The summed E-state index contributed by atoms with van der Waals surface area (Å²) in [6.45, 7) is 1.57. The largest absolute Gasteiger partial charge is 0.497 e. The van der Waals surface area contributed by atoms with Gasteiger partial charge in [-0.05, 0) is 54.2 Å². The molecule has 2 aromatic rings. The van der Waals surface area contributed by atoms with Crippen LogP contribution in [0.25, 0.3) is 5.57 Å². The Balaban J connectivity index is 1.50. The minimum Gasteiger partial charge on any atom is -0.497 e. The highest BCUT2D eigenvalue weighted by molar-refractivity contribution is 6.35. The lowest BCUT2D eigenvalue weighted by atomic mass is 9.97. The lowest BCUT2D eigenvalue weighted by Crippen LogP contribution is -2.40. The first-order chi connectivity index (χ1) is 16.1. The summed E-state index contributed by atoms with van der Waals surface area (Å²) in [5, 5.41) is 9.69. The number of piperidine rings is 1. The number of carbonyl (C=O) groups is 2. The van der Waals surface area contributed by atoms with Gasteiger partial charge in [-0.25, -0.2) is 0 Å². The third-order valence-electron chi connectivity index (χ3n) is 6.39. The van der Waals surface area contributed by atoms with Crippen molar-refractivity contribution < 1.29 is 28.9 Å². The fraction of sp³-hybridized carbons (Fsp3) is 0.360. The molecule has 1 atom stereocenters. The van der Waals surface area contributed by atoms with Gasteiger partial charge in [0.1, 0.15) is 11.4 Å². The lowest BCUT2D eigenvalue weighted by Gasteiger charge is -2.34. The van der Waals surface area contributed by atoms with Gasteiger partial charge in [0.15, 0.2) is 11.5 Å². The summed E-state index contributed by atoms with van der Waals surface area (Å²) in [5.74, 6) is 1.37. The van der Waals surface area contributed by atoms with Crippen LogP contribution in [0, 0.1) is 5.92 Å². The third-order valence-corrected chi connectivity index (χ3v) is 6.39. The zero-order valence-electron chi connectivity index (χ0n) is 18.5. The van der Waals surface area contributed by atoms with Crippen molar-refractivity contribution in [3.8, 4) is 17.2 Å². The average molecular weight is 450 g/mol. The Hall–Kier alpha value is -3.52. The molecule has 0 aromatic heterocycles. The first kappa shape index (κ1) is 21.3. The molecule has 8 heteroatoms. The predicted octanol–water partition coefficient (Wildman–Crippen LogP) is 2.41. The summed E-state index contributed by atoms with van der Waals surface area (Å²) in [6.07, 6.45) is 1.76. The Morgan fingerprint density at radius 1 is 1.06 bits per heavy atom. The van der Waals surface area contributed by atoms with Gasteiger partial charge in [-0.3, -0.25) is 14.5 Å². The van der Waals surface area contributed by atoms with Gasteiger partial charge in [0, 0.05) is 19.7 Å². The van der Waals surface area contributed by atoms with Gasteiger partial charge in [0.05, 0.1) is 19.2 Å². The van der Waals surface area contributed by atoms with Crippen LogP contribution in [0.3, 0.4) is 0 Å². The maximum atomic E-state index is 13.6. The number of aliphatic hydroxyl groups is 1. The zero-order chi connectivity index (χ0) is 22.9. The van der Waals surface area contributed by atoms with Crippen molar-refractivity contribution in [2.75, 3.05) is 33.6 Å². The van der Waals surface area contributed by atoms with Crippen LogP contribution in [-0.2, 0) is 16.1 Å². The van der Waals surface area contributed by atoms with Gasteiger partial charge in [-0.2, -0.15) is 0 Å². The number of imide groups is 1. The molecule has 2 aromatic carbocycles. The molecule has 0 bridgehead atoms. The minimum absolute atomic E-state index is 0.0602. The monoisotopic (exact) mass is 450 g/mol. The van der Waals surface area contributed by atoms with Crippen LogP contribution in [-0.4, -0.2) is 60.3 Å². The molecule has 0 aliphatic carbocycles. The molecule has 3 heterocycles. The summed E-state index contributed by atoms with van der Waals surface area (Å²) in [4.78, 5) is 30.5. The highest BCUT2D eigenvalue weighted by Crippen LogP contribution is 2.37. The number of carbonyl (C=O) groups excluding carboxylic acids is 2. The molecule has 3 aliphatic heterocycles. The van der Waals surface area contributed by atoms with Gasteiger partial charge in [0.25, 0.3) is 11.8 Å². The Morgan fingerprint density at radius 2 is 1.85 bits per heavy atom. The number of amides is 2. The summed E-state index contributed by atoms with van der Waals surface area (Å²) in [5.41, 5.74) is 2.25. The normalized spacial score (nSPS) is 20.1. The Labute approximate surface area is 192 Å². The number of fused-ring (bicyclic) bond motifs is 1. The van der Waals surface area contributed by atoms with Crippen LogP contribution in [0.15, 0.2) is 48.2 Å². The van der Waals surface area contributed by atoms with Gasteiger partial charge in [-0.15, -0.1) is 0 Å². The number of ether oxygens (including phenoxy) is 3. The number of rotatable bonds is 6. The van der Waals surface area contributed by atoms with Gasteiger partial charge in [-0.1, -0.05) is 18.2 Å². The molecule has 1 fully saturated rings. The standard InChI is InChI=1S/C25H26N2O6/c1-31-19-7-5-18(6-8-19)22-23(26-10-2-3-17(12-26)14-28)25(30)27(24(22)29)13-16-4-9-20-21(11-16)33-15-32-20/h4-9,11,17,28H,2-3,10,12-15H2,1H3. The average Bonchev–Trinajstić information content (AvgIpc) is 3.42. The number of methoxy groups -OCH3 is 1. The molecule has 33 heavy (non-hydrogen) atoms. The van der Waals surface area contributed by atoms with Crippen LogP contribution < -0.4 is 14.2 Å². The van der Waals surface area contributed by atoms with E-state index in [0.29, 0.717) is 47.2 Å². The van der Waals surface area contributed by atoms with Crippen molar-refractivity contribution in [2.45, 2.75) is 19.4 Å². The Kier molecular flexibility index (Phi) is 5.68. The quantitative estimate of drug-likeness (QED) is 0.676. The summed E-state index contributed by atoms with van der Waals surface area (Å²) >= 11 is 0. The first-order valence-corrected chi connectivity index (χ1v) is 11.1. The van der Waals surface area contributed by atoms with E-state index in [1.807, 2.05) is 11.0 Å². The second-order valence-corrected chi connectivity index (χ2v) is 8.47. The number of likely N-dealkylation sites (tertiary alicyclic amines) is 1. The van der Waals surface area contributed by atoms with Gasteiger partial charge >= 0.3 is 0 Å². The number of benzene rings is 2. The van der Waals surface area contributed by atoms with Crippen molar-refractivity contribution in [1.29, 1.82) is 0 Å². The fourth-order valence-electron chi connectivity index (χ4n) is 4.66. The summed E-state index contributed by atoms with van der Waals surface area (Å²) in [6, 6.07) is 12.6. The molecule has 3 aliphatic rings. The number of aliphatic hydroxyl groups excluding tert-OH is 1. The second kappa shape index (κ2) is 8.78. The maximum Gasteiger partial charge on any atom is 0.278 e. The van der Waals surface area contributed by atoms with E-state index < -0.39 is 0 Å². The van der Waals surface area contributed by atoms with E-state index in [1.54, 1.807) is 43.5 Å². The number of nitrogens with zero attached hydrogens (tertiary/aromatic N) is 2. The number of hydrogen-bond acceptors (Lipinski definition) is 7. The molecule has 0 saturated carbocycles. The smallest absolute Gasteiger partial charge is 0.278 e. The molecule has 0 radical (unpaired) electrons. The van der Waals surface area contributed by atoms with Gasteiger partial charge < -0.3 is 24.2 Å². The molecule has 1 N–H and O–H groups in total. The van der Waals surface area contributed by atoms with Crippen LogP contribution in [0.1, 0.15) is 24.0 Å². The van der Waals surface area contributed by atoms with Gasteiger partial charge in [0.2, 0.25) is 6.79 Å². The Morgan fingerprint density at radius 3 is 2.61 bits per heavy atom. The lowest BCUT2D eigenvalue weighted by molar-refractivity contribution is -0.138. The fourth-order valence-corrected chi connectivity index (χ4v) is 4.66. The van der Waals surface area contributed by atoms with E-state index in [0.717, 1.165) is 18.4 Å². The zero-order valence-corrected chi connectivity index (χ0v) is 18.5. The molecule has 172 valence electrons. The predicted molar refractivity (Wildman–Crippen MR) is 119 cm³/mol. The van der Waals surface area contributed by atoms with Crippen LogP contribution in [0.4, 0.5) is 0 Å². The molecule has 1 unspecified atom stereocenters. The van der Waals surface area contributed by atoms with E-state index in [4.69, 9.17) is 14.2 Å². The topological polar surface area (TPSA) is 88.5 Å². The molecular weight excluding hydrogens is 424 g/mol. The molecule has 0 spiro atoms. The highest BCUT2D eigenvalue weighted by Gasteiger charge is 2.42. The molecule has 1 saturated heterocycles. The number of hydrogen-bond donors (Lipinski definition) is 1. The van der Waals surface area contributed by atoms with Crippen molar-refractivity contribution in [3.63, 3.8) is 0 Å². The molecular formula is C25H26N2O6. The summed E-state index contributed by atoms with van der Waals surface area (Å²) in [7, 11) is 1.58. The van der Waals surface area contributed by atoms with Crippen molar-refractivity contribution >= 4 is 17.4 Å². The maximum absolute atomic E-state index is 13.6.